The van der Waals surface area contributed by atoms with Crippen LogP contribution in [0.25, 0.3) is 11.4 Å². The monoisotopic (exact) mass is 351 g/mol. The van der Waals surface area contributed by atoms with Gasteiger partial charge in [0.1, 0.15) is 16.5 Å². The van der Waals surface area contributed by atoms with Crippen molar-refractivity contribution in [3.05, 3.63) is 54.1 Å². The fourth-order valence-electron chi connectivity index (χ4n) is 2.10. The number of rotatable bonds is 4. The Morgan fingerprint density at radius 3 is 2.58 bits per heavy atom. The van der Waals surface area contributed by atoms with E-state index < -0.39 is 26.6 Å². The fraction of sp³-hybridized carbons (Fsp3) is 0.0714. The molecule has 0 fully saturated rings. The van der Waals surface area contributed by atoms with Gasteiger partial charge in [-0.3, -0.25) is 4.72 Å². The third-order valence-electron chi connectivity index (χ3n) is 3.18. The lowest BCUT2D eigenvalue weighted by atomic mass is 10.2. The second kappa shape index (κ2) is 5.96. The van der Waals surface area contributed by atoms with Crippen molar-refractivity contribution in [2.45, 2.75) is 4.90 Å². The van der Waals surface area contributed by atoms with Crippen molar-refractivity contribution < 1.29 is 17.2 Å². The molecule has 1 N–H and O–H groups in total. The molecule has 124 valence electrons. The van der Waals surface area contributed by atoms with E-state index in [4.69, 9.17) is 0 Å². The molecule has 0 saturated heterocycles. The lowest BCUT2D eigenvalue weighted by Crippen LogP contribution is -2.14. The molecule has 2 aromatic carbocycles. The van der Waals surface area contributed by atoms with Gasteiger partial charge in [-0.05, 0) is 34.7 Å². The van der Waals surface area contributed by atoms with Gasteiger partial charge in [0.15, 0.2) is 5.82 Å². The second-order valence-electron chi connectivity index (χ2n) is 4.89. The summed E-state index contributed by atoms with van der Waals surface area (Å²) in [5, 5.41) is 11.0. The van der Waals surface area contributed by atoms with Crippen LogP contribution in [0.3, 0.4) is 0 Å². The minimum absolute atomic E-state index is 0.194. The van der Waals surface area contributed by atoms with E-state index >= 15 is 0 Å². The third-order valence-corrected chi connectivity index (χ3v) is 4.59. The molecule has 0 aliphatic heterocycles. The lowest BCUT2D eigenvalue weighted by Gasteiger charge is -2.10. The first-order valence-electron chi connectivity index (χ1n) is 6.67. The highest BCUT2D eigenvalue weighted by atomic mass is 32.2. The van der Waals surface area contributed by atoms with E-state index in [1.807, 2.05) is 0 Å². The molecule has 0 aliphatic rings. The summed E-state index contributed by atoms with van der Waals surface area (Å²) in [6.07, 6.45) is 0. The quantitative estimate of drug-likeness (QED) is 0.776. The van der Waals surface area contributed by atoms with Crippen LogP contribution in [0, 0.1) is 11.6 Å². The zero-order chi connectivity index (χ0) is 17.3. The molecule has 3 rings (SSSR count). The smallest absolute Gasteiger partial charge is 0.264 e. The molecule has 10 heteroatoms. The number of benzene rings is 2. The number of halogens is 2. The van der Waals surface area contributed by atoms with Crippen LogP contribution in [0.2, 0.25) is 0 Å². The van der Waals surface area contributed by atoms with Crippen molar-refractivity contribution in [2.24, 2.45) is 7.05 Å². The van der Waals surface area contributed by atoms with E-state index in [1.54, 1.807) is 19.2 Å². The molecule has 0 bridgehead atoms. The van der Waals surface area contributed by atoms with E-state index in [2.05, 4.69) is 20.2 Å². The fourth-order valence-corrected chi connectivity index (χ4v) is 3.21. The first-order chi connectivity index (χ1) is 11.4. The van der Waals surface area contributed by atoms with Gasteiger partial charge in [0.2, 0.25) is 0 Å². The van der Waals surface area contributed by atoms with Crippen molar-refractivity contribution in [3.63, 3.8) is 0 Å². The molecule has 0 unspecified atom stereocenters. The number of aryl methyl sites for hydroxylation is 1. The average molecular weight is 351 g/mol. The molecular weight excluding hydrogens is 340 g/mol. The van der Waals surface area contributed by atoms with E-state index in [9.17, 15) is 17.2 Å². The Morgan fingerprint density at radius 1 is 1.12 bits per heavy atom. The van der Waals surface area contributed by atoms with Gasteiger partial charge in [0.25, 0.3) is 10.0 Å². The minimum Gasteiger partial charge on any atom is -0.280 e. The molecule has 0 atom stereocenters. The Balaban J connectivity index is 1.95. The van der Waals surface area contributed by atoms with Crippen molar-refractivity contribution in [3.8, 4) is 11.4 Å². The van der Waals surface area contributed by atoms with Crippen LogP contribution in [0.5, 0.6) is 0 Å². The Morgan fingerprint density at radius 2 is 1.92 bits per heavy atom. The van der Waals surface area contributed by atoms with E-state index in [-0.39, 0.29) is 5.69 Å². The summed E-state index contributed by atoms with van der Waals surface area (Å²) >= 11 is 0. The molecule has 0 radical (unpaired) electrons. The van der Waals surface area contributed by atoms with Gasteiger partial charge in [0, 0.05) is 24.4 Å². The molecule has 0 spiro atoms. The molecule has 0 aliphatic carbocycles. The van der Waals surface area contributed by atoms with Gasteiger partial charge in [-0.25, -0.2) is 21.9 Å². The summed E-state index contributed by atoms with van der Waals surface area (Å²) in [4.78, 5) is -0.644. The van der Waals surface area contributed by atoms with Crippen molar-refractivity contribution in [1.82, 2.24) is 20.2 Å². The number of sulfonamides is 1. The predicted molar refractivity (Wildman–Crippen MR) is 81.4 cm³/mol. The summed E-state index contributed by atoms with van der Waals surface area (Å²) in [6.45, 7) is 0. The Hall–Kier alpha value is -2.88. The maximum atomic E-state index is 13.7. The van der Waals surface area contributed by atoms with Crippen LogP contribution in [0.1, 0.15) is 0 Å². The maximum absolute atomic E-state index is 13.7. The topological polar surface area (TPSA) is 89.8 Å². The van der Waals surface area contributed by atoms with E-state index in [1.165, 1.54) is 16.8 Å². The average Bonchev–Trinajstić information content (AvgIpc) is 2.92. The minimum atomic E-state index is -4.21. The van der Waals surface area contributed by atoms with Gasteiger partial charge in [-0.1, -0.05) is 12.1 Å². The highest BCUT2D eigenvalue weighted by Gasteiger charge is 2.20. The van der Waals surface area contributed by atoms with Crippen molar-refractivity contribution >= 4 is 15.7 Å². The first kappa shape index (κ1) is 16.0. The number of tetrazole rings is 1. The van der Waals surface area contributed by atoms with Crippen molar-refractivity contribution in [2.75, 3.05) is 4.72 Å². The molecule has 24 heavy (non-hydrogen) atoms. The van der Waals surface area contributed by atoms with Gasteiger partial charge in [-0.15, -0.1) is 5.10 Å². The number of hydrogen-bond donors (Lipinski definition) is 1. The lowest BCUT2D eigenvalue weighted by molar-refractivity contribution is 0.551. The Bertz CT molecular complexity index is 1000. The van der Waals surface area contributed by atoms with Crippen LogP contribution in [-0.2, 0) is 17.1 Å². The first-order valence-corrected chi connectivity index (χ1v) is 8.16. The number of nitrogens with one attached hydrogen (secondary N) is 1. The number of aromatic nitrogens is 4. The van der Waals surface area contributed by atoms with Crippen LogP contribution < -0.4 is 4.72 Å². The van der Waals surface area contributed by atoms with Crippen LogP contribution in [-0.4, -0.2) is 28.6 Å². The highest BCUT2D eigenvalue weighted by molar-refractivity contribution is 7.92. The number of nitrogens with zero attached hydrogens (tertiary/aromatic N) is 4. The molecule has 0 saturated carbocycles. The van der Waals surface area contributed by atoms with Crippen molar-refractivity contribution in [1.29, 1.82) is 0 Å². The molecule has 1 aromatic heterocycles. The Labute approximate surface area is 136 Å². The molecular formula is C14H11F2N5O2S. The maximum Gasteiger partial charge on any atom is 0.264 e. The van der Waals surface area contributed by atoms with Crippen LogP contribution >= 0.6 is 0 Å². The summed E-state index contributed by atoms with van der Waals surface area (Å²) in [6, 6.07) is 8.54. The zero-order valence-corrected chi connectivity index (χ0v) is 13.1. The number of hydrogen-bond acceptors (Lipinski definition) is 5. The Kier molecular flexibility index (Phi) is 3.97. The molecule has 7 nitrogen and oxygen atoms in total. The predicted octanol–water partition coefficient (Wildman–Crippen LogP) is 1.96. The van der Waals surface area contributed by atoms with Crippen LogP contribution in [0.15, 0.2) is 47.4 Å². The number of anilines is 1. The van der Waals surface area contributed by atoms with Gasteiger partial charge in [0.05, 0.1) is 0 Å². The standard InChI is InChI=1S/C14H11F2N5O2S/c1-21-14(17-19-20-21)9-3-2-4-11(7-9)18-24(22,23)13-6-5-10(15)8-12(13)16/h2-8,18H,1H3. The highest BCUT2D eigenvalue weighted by Crippen LogP contribution is 2.23. The normalized spacial score (nSPS) is 11.5. The summed E-state index contributed by atoms with van der Waals surface area (Å²) in [7, 11) is -2.57. The molecule has 0 amide bonds. The van der Waals surface area contributed by atoms with E-state index in [0.29, 0.717) is 17.5 Å². The molecule has 1 heterocycles. The zero-order valence-electron chi connectivity index (χ0n) is 12.3. The summed E-state index contributed by atoms with van der Waals surface area (Å²) in [5.41, 5.74) is 0.765. The second-order valence-corrected chi connectivity index (χ2v) is 6.54. The van der Waals surface area contributed by atoms with Gasteiger partial charge >= 0.3 is 0 Å². The third kappa shape index (κ3) is 3.08. The van der Waals surface area contributed by atoms with Gasteiger partial charge < -0.3 is 0 Å². The molecule has 3 aromatic rings. The van der Waals surface area contributed by atoms with Gasteiger partial charge in [-0.2, -0.15) is 0 Å². The van der Waals surface area contributed by atoms with Crippen LogP contribution in [0.4, 0.5) is 14.5 Å². The largest absolute Gasteiger partial charge is 0.280 e. The summed E-state index contributed by atoms with van der Waals surface area (Å²) < 4.78 is 54.9. The summed E-state index contributed by atoms with van der Waals surface area (Å²) in [5.74, 6) is -1.59. The van der Waals surface area contributed by atoms with E-state index in [0.717, 1.165) is 12.1 Å². The SMILES string of the molecule is Cn1nnnc1-c1cccc(NS(=O)(=O)c2ccc(F)cc2F)c1.